The number of amides is 1. The van der Waals surface area contributed by atoms with Gasteiger partial charge in [0.2, 0.25) is 0 Å². The number of hydrogen-bond acceptors (Lipinski definition) is 4. The second kappa shape index (κ2) is 6.37. The summed E-state index contributed by atoms with van der Waals surface area (Å²) < 4.78 is 0. The number of thiophene rings is 1. The molecule has 25 heavy (non-hydrogen) atoms. The molecular formula is C20H23N3OS. The second-order valence-electron chi connectivity index (χ2n) is 7.70. The molecule has 0 spiro atoms. The van der Waals surface area contributed by atoms with Gasteiger partial charge < -0.3 is 5.32 Å². The number of fused-ring (bicyclic) bond motifs is 1. The Kier molecular flexibility index (Phi) is 4.20. The minimum absolute atomic E-state index is 0.0348. The van der Waals surface area contributed by atoms with Crippen molar-refractivity contribution < 1.29 is 4.79 Å². The number of aryl methyl sites for hydroxylation is 1. The van der Waals surface area contributed by atoms with Crippen molar-refractivity contribution in [3.05, 3.63) is 40.5 Å². The van der Waals surface area contributed by atoms with E-state index < -0.39 is 0 Å². The quantitative estimate of drug-likeness (QED) is 0.865. The lowest BCUT2D eigenvalue weighted by Crippen LogP contribution is -2.21. The summed E-state index contributed by atoms with van der Waals surface area (Å²) >= 11 is 1.71. The molecule has 0 saturated heterocycles. The van der Waals surface area contributed by atoms with Gasteiger partial charge in [0.05, 0.1) is 5.56 Å². The van der Waals surface area contributed by atoms with Gasteiger partial charge in [-0.3, -0.25) is 4.79 Å². The smallest absolute Gasteiger partial charge is 0.251 e. The van der Waals surface area contributed by atoms with Crippen molar-refractivity contribution >= 4 is 22.2 Å². The van der Waals surface area contributed by atoms with Crippen LogP contribution >= 0.6 is 11.3 Å². The molecule has 4 rings (SSSR count). The summed E-state index contributed by atoms with van der Waals surface area (Å²) in [5, 5.41) is 4.08. The topological polar surface area (TPSA) is 54.9 Å². The summed E-state index contributed by atoms with van der Waals surface area (Å²) in [5.41, 5.74) is 3.53. The van der Waals surface area contributed by atoms with Crippen LogP contribution in [0.2, 0.25) is 0 Å². The molecule has 0 aromatic carbocycles. The summed E-state index contributed by atoms with van der Waals surface area (Å²) in [6.07, 6.45) is 11.8. The molecular weight excluding hydrogens is 330 g/mol. The Morgan fingerprint density at radius 2 is 2.04 bits per heavy atom. The number of aromatic nitrogens is 2. The standard InChI is InChI=1S/C20H23N3OS/c1-20(2)9-8-15-14(12-20)16(17-21-10-5-11-22-17)19(25-15)23-18(24)13-6-3-4-7-13/h5-6,10-11H,3-4,7-9,12H2,1-2H3,(H,23,24). The third kappa shape index (κ3) is 3.25. The van der Waals surface area contributed by atoms with Crippen LogP contribution < -0.4 is 5.32 Å². The van der Waals surface area contributed by atoms with E-state index in [1.807, 2.05) is 6.07 Å². The molecule has 4 nitrogen and oxygen atoms in total. The first-order valence-electron chi connectivity index (χ1n) is 8.96. The van der Waals surface area contributed by atoms with Crippen LogP contribution in [0.25, 0.3) is 11.4 Å². The van der Waals surface area contributed by atoms with Gasteiger partial charge >= 0.3 is 0 Å². The minimum atomic E-state index is 0.0348. The predicted octanol–water partition coefficient (Wildman–Crippen LogP) is 4.77. The highest BCUT2D eigenvalue weighted by atomic mass is 32.1. The van der Waals surface area contributed by atoms with Crippen LogP contribution in [0.3, 0.4) is 0 Å². The fourth-order valence-corrected chi connectivity index (χ4v) is 4.94. The van der Waals surface area contributed by atoms with Crippen LogP contribution in [0.4, 0.5) is 5.00 Å². The number of rotatable bonds is 3. The zero-order valence-electron chi connectivity index (χ0n) is 14.8. The Hall–Kier alpha value is -2.01. The van der Waals surface area contributed by atoms with Crippen LogP contribution in [0.15, 0.2) is 30.1 Å². The molecule has 5 heteroatoms. The molecule has 2 aromatic rings. The molecule has 2 heterocycles. The zero-order valence-corrected chi connectivity index (χ0v) is 15.6. The first kappa shape index (κ1) is 16.5. The monoisotopic (exact) mass is 353 g/mol. The SMILES string of the molecule is CC1(C)CCc2sc(NC(=O)C3=CCCC3)c(-c3ncccn3)c2C1. The van der Waals surface area contributed by atoms with Gasteiger partial charge in [-0.05, 0) is 55.6 Å². The van der Waals surface area contributed by atoms with Gasteiger partial charge in [0.25, 0.3) is 5.91 Å². The Morgan fingerprint density at radius 3 is 2.76 bits per heavy atom. The molecule has 0 saturated carbocycles. The molecule has 2 aromatic heterocycles. The van der Waals surface area contributed by atoms with E-state index in [2.05, 4.69) is 35.2 Å². The number of anilines is 1. The van der Waals surface area contributed by atoms with Gasteiger partial charge in [-0.2, -0.15) is 0 Å². The molecule has 0 unspecified atom stereocenters. The summed E-state index contributed by atoms with van der Waals surface area (Å²) in [7, 11) is 0. The van der Waals surface area contributed by atoms with Crippen LogP contribution in [0.1, 0.15) is 50.0 Å². The van der Waals surface area contributed by atoms with Gasteiger partial charge in [-0.15, -0.1) is 11.3 Å². The maximum atomic E-state index is 12.6. The maximum Gasteiger partial charge on any atom is 0.251 e. The average molecular weight is 353 g/mol. The maximum absolute atomic E-state index is 12.6. The van der Waals surface area contributed by atoms with E-state index in [4.69, 9.17) is 0 Å². The second-order valence-corrected chi connectivity index (χ2v) is 8.80. The molecule has 0 bridgehead atoms. The van der Waals surface area contributed by atoms with Crippen LogP contribution in [-0.4, -0.2) is 15.9 Å². The van der Waals surface area contributed by atoms with Crippen LogP contribution in [0, 0.1) is 5.41 Å². The number of nitrogens with one attached hydrogen (secondary N) is 1. The number of allylic oxidation sites excluding steroid dienone is 1. The summed E-state index contributed by atoms with van der Waals surface area (Å²) in [5.74, 6) is 0.751. The summed E-state index contributed by atoms with van der Waals surface area (Å²) in [4.78, 5) is 22.9. The van der Waals surface area contributed by atoms with Crippen molar-refractivity contribution in [2.24, 2.45) is 5.41 Å². The van der Waals surface area contributed by atoms with Crippen molar-refractivity contribution in [1.29, 1.82) is 0 Å². The van der Waals surface area contributed by atoms with Crippen LogP contribution in [-0.2, 0) is 17.6 Å². The Bertz CT molecular complexity index is 836. The molecule has 0 aliphatic heterocycles. The molecule has 0 atom stereocenters. The molecule has 1 N–H and O–H groups in total. The third-order valence-corrected chi connectivity index (χ3v) is 6.33. The van der Waals surface area contributed by atoms with E-state index in [1.54, 1.807) is 23.7 Å². The normalized spacial score (nSPS) is 18.6. The lowest BCUT2D eigenvalue weighted by Gasteiger charge is -2.29. The first-order chi connectivity index (χ1) is 12.0. The highest BCUT2D eigenvalue weighted by molar-refractivity contribution is 7.17. The Morgan fingerprint density at radius 1 is 1.24 bits per heavy atom. The van der Waals surface area contributed by atoms with E-state index in [-0.39, 0.29) is 11.3 Å². The number of hydrogen-bond donors (Lipinski definition) is 1. The molecule has 1 amide bonds. The van der Waals surface area contributed by atoms with Gasteiger partial charge in [0, 0.05) is 22.8 Å². The Labute approximate surface area is 152 Å². The average Bonchev–Trinajstić information content (AvgIpc) is 3.22. The van der Waals surface area contributed by atoms with Crippen LogP contribution in [0.5, 0.6) is 0 Å². The molecule has 0 fully saturated rings. The number of carbonyl (C=O) groups is 1. The van der Waals surface area contributed by atoms with E-state index in [9.17, 15) is 4.79 Å². The highest BCUT2D eigenvalue weighted by Gasteiger charge is 2.32. The van der Waals surface area contributed by atoms with E-state index in [0.717, 1.165) is 48.2 Å². The highest BCUT2D eigenvalue weighted by Crippen LogP contribution is 2.47. The van der Waals surface area contributed by atoms with Crippen molar-refractivity contribution in [3.8, 4) is 11.4 Å². The van der Waals surface area contributed by atoms with E-state index in [1.165, 1.54) is 16.9 Å². The lowest BCUT2D eigenvalue weighted by atomic mass is 9.76. The van der Waals surface area contributed by atoms with Gasteiger partial charge in [-0.25, -0.2) is 9.97 Å². The van der Waals surface area contributed by atoms with Crippen molar-refractivity contribution in [2.45, 2.75) is 52.4 Å². The fourth-order valence-electron chi connectivity index (χ4n) is 3.73. The Balaban J connectivity index is 1.76. The molecule has 2 aliphatic carbocycles. The number of nitrogens with zero attached hydrogens (tertiary/aromatic N) is 2. The van der Waals surface area contributed by atoms with E-state index >= 15 is 0 Å². The minimum Gasteiger partial charge on any atom is -0.313 e. The predicted molar refractivity (Wildman–Crippen MR) is 102 cm³/mol. The molecule has 0 radical (unpaired) electrons. The molecule has 130 valence electrons. The van der Waals surface area contributed by atoms with E-state index in [0.29, 0.717) is 5.82 Å². The number of carbonyl (C=O) groups excluding carboxylic acids is 1. The molecule has 2 aliphatic rings. The summed E-state index contributed by atoms with van der Waals surface area (Å²) in [6.45, 7) is 4.62. The largest absolute Gasteiger partial charge is 0.313 e. The van der Waals surface area contributed by atoms with Gasteiger partial charge in [-0.1, -0.05) is 19.9 Å². The van der Waals surface area contributed by atoms with Crippen molar-refractivity contribution in [3.63, 3.8) is 0 Å². The van der Waals surface area contributed by atoms with Gasteiger partial charge in [0.15, 0.2) is 5.82 Å². The fraction of sp³-hybridized carbons (Fsp3) is 0.450. The lowest BCUT2D eigenvalue weighted by molar-refractivity contribution is -0.112. The van der Waals surface area contributed by atoms with Gasteiger partial charge in [0.1, 0.15) is 5.00 Å². The zero-order chi connectivity index (χ0) is 17.4. The third-order valence-electron chi connectivity index (χ3n) is 5.12. The summed E-state index contributed by atoms with van der Waals surface area (Å²) in [6, 6.07) is 1.83. The van der Waals surface area contributed by atoms with Crippen molar-refractivity contribution in [2.75, 3.05) is 5.32 Å². The first-order valence-corrected chi connectivity index (χ1v) is 9.77. The van der Waals surface area contributed by atoms with Crippen molar-refractivity contribution in [1.82, 2.24) is 9.97 Å².